The normalized spacial score (nSPS) is 34.0. The maximum absolute atomic E-state index is 12.5. The Balaban J connectivity index is 1.65. The molecule has 0 bridgehead atoms. The second-order valence-corrected chi connectivity index (χ2v) is 7.02. The lowest BCUT2D eigenvalue weighted by atomic mass is 9.96. The molecule has 2 N–H and O–H groups in total. The summed E-state index contributed by atoms with van der Waals surface area (Å²) in [7, 11) is 0. The van der Waals surface area contributed by atoms with Crippen molar-refractivity contribution in [2.24, 2.45) is 17.8 Å². The molecule has 3 atom stereocenters. The molecular weight excluding hydrogens is 302 g/mol. The highest BCUT2D eigenvalue weighted by atomic mass is 16.4. The highest BCUT2D eigenvalue weighted by Crippen LogP contribution is 2.42. The first-order valence-electron chi connectivity index (χ1n) is 7.88. The zero-order chi connectivity index (χ0) is 16.9. The molecule has 0 spiro atoms. The summed E-state index contributed by atoms with van der Waals surface area (Å²) in [6, 6.07) is -0.542. The first kappa shape index (κ1) is 15.8. The van der Waals surface area contributed by atoms with Gasteiger partial charge in [-0.2, -0.15) is 0 Å². The minimum Gasteiger partial charge on any atom is -0.481 e. The number of imide groups is 1. The first-order valence-corrected chi connectivity index (χ1v) is 7.88. The molecule has 1 aliphatic carbocycles. The van der Waals surface area contributed by atoms with Crippen molar-refractivity contribution in [3.8, 4) is 0 Å². The van der Waals surface area contributed by atoms with Gasteiger partial charge in [0.15, 0.2) is 0 Å². The van der Waals surface area contributed by atoms with E-state index in [1.165, 1.54) is 4.90 Å². The van der Waals surface area contributed by atoms with Crippen molar-refractivity contribution in [2.75, 3.05) is 19.6 Å². The fraction of sp³-hybridized carbons (Fsp3) is 0.733. The topological polar surface area (TPSA) is 107 Å². The number of carboxylic acid groups (broad SMARTS) is 1. The van der Waals surface area contributed by atoms with Gasteiger partial charge in [0.2, 0.25) is 5.91 Å². The van der Waals surface area contributed by atoms with Crippen LogP contribution in [0.15, 0.2) is 0 Å². The highest BCUT2D eigenvalue weighted by molar-refractivity contribution is 6.09. The monoisotopic (exact) mass is 323 g/mol. The van der Waals surface area contributed by atoms with Crippen LogP contribution in [0.2, 0.25) is 0 Å². The molecule has 1 saturated carbocycles. The lowest BCUT2D eigenvalue weighted by Crippen LogP contribution is -2.47. The van der Waals surface area contributed by atoms with Crippen molar-refractivity contribution < 1.29 is 24.3 Å². The molecule has 8 heteroatoms. The number of carbonyl (C=O) groups is 4. The number of nitrogens with zero attached hydrogens (tertiary/aromatic N) is 2. The molecule has 2 saturated heterocycles. The van der Waals surface area contributed by atoms with E-state index in [1.54, 1.807) is 13.8 Å². The summed E-state index contributed by atoms with van der Waals surface area (Å²) in [5.74, 6) is -2.27. The van der Waals surface area contributed by atoms with Crippen LogP contribution in [0.1, 0.15) is 26.7 Å². The number of likely N-dealkylation sites (tertiary alicyclic amines) is 1. The van der Waals surface area contributed by atoms with Crippen molar-refractivity contribution in [1.29, 1.82) is 0 Å². The van der Waals surface area contributed by atoms with Crippen LogP contribution in [0.5, 0.6) is 0 Å². The fourth-order valence-electron chi connectivity index (χ4n) is 3.52. The van der Waals surface area contributed by atoms with Crippen molar-refractivity contribution in [3.63, 3.8) is 0 Å². The van der Waals surface area contributed by atoms with E-state index in [2.05, 4.69) is 5.32 Å². The third-order valence-electron chi connectivity index (χ3n) is 5.27. The zero-order valence-electron chi connectivity index (χ0n) is 13.2. The smallest absolute Gasteiger partial charge is 0.325 e. The summed E-state index contributed by atoms with van der Waals surface area (Å²) in [6.45, 7) is 3.61. The number of hydrogen-bond acceptors (Lipinski definition) is 4. The zero-order valence-corrected chi connectivity index (χ0v) is 13.2. The number of hydrogen-bond donors (Lipinski definition) is 2. The summed E-state index contributed by atoms with van der Waals surface area (Å²) in [6.07, 6.45) is 1.79. The van der Waals surface area contributed by atoms with Gasteiger partial charge in [0, 0.05) is 13.1 Å². The molecule has 3 rings (SSSR count). The van der Waals surface area contributed by atoms with Gasteiger partial charge in [0.05, 0.1) is 5.92 Å². The third kappa shape index (κ3) is 2.55. The van der Waals surface area contributed by atoms with Crippen LogP contribution < -0.4 is 5.32 Å². The molecule has 0 aromatic carbocycles. The van der Waals surface area contributed by atoms with Gasteiger partial charge in [-0.05, 0) is 31.6 Å². The van der Waals surface area contributed by atoms with Gasteiger partial charge in [-0.1, -0.05) is 6.92 Å². The van der Waals surface area contributed by atoms with E-state index in [1.807, 2.05) is 0 Å². The minimum atomic E-state index is -0.927. The Bertz CT molecular complexity index is 588. The Morgan fingerprint density at radius 1 is 1.30 bits per heavy atom. The second kappa shape index (κ2) is 5.21. The van der Waals surface area contributed by atoms with Crippen LogP contribution in [0, 0.1) is 17.8 Å². The number of urea groups is 1. The predicted octanol–water partition coefficient (Wildman–Crippen LogP) is -0.114. The lowest BCUT2D eigenvalue weighted by molar-refractivity contribution is -0.143. The van der Waals surface area contributed by atoms with Crippen LogP contribution >= 0.6 is 0 Å². The van der Waals surface area contributed by atoms with Gasteiger partial charge < -0.3 is 15.3 Å². The molecule has 2 aliphatic heterocycles. The maximum Gasteiger partial charge on any atom is 0.325 e. The van der Waals surface area contributed by atoms with Gasteiger partial charge in [-0.3, -0.25) is 19.3 Å². The molecule has 3 fully saturated rings. The van der Waals surface area contributed by atoms with E-state index in [-0.39, 0.29) is 36.7 Å². The maximum atomic E-state index is 12.5. The largest absolute Gasteiger partial charge is 0.481 e. The predicted molar refractivity (Wildman–Crippen MR) is 78.2 cm³/mol. The molecule has 2 heterocycles. The van der Waals surface area contributed by atoms with Gasteiger partial charge in [-0.15, -0.1) is 0 Å². The summed E-state index contributed by atoms with van der Waals surface area (Å²) in [5.41, 5.74) is -0.904. The van der Waals surface area contributed by atoms with Crippen LogP contribution in [0.25, 0.3) is 0 Å². The van der Waals surface area contributed by atoms with Gasteiger partial charge in [0.25, 0.3) is 5.91 Å². The molecule has 4 amide bonds. The quantitative estimate of drug-likeness (QED) is 0.702. The third-order valence-corrected chi connectivity index (χ3v) is 5.27. The Hall–Kier alpha value is -2.12. The first-order chi connectivity index (χ1) is 10.7. The standard InChI is InChI=1S/C15H21N3O5/c1-8-5-17(6-10(8)12(20)21)11(19)7-18-13(22)15(2,9-3-4-9)16-14(18)23/h8-10H,3-7H2,1-2H3,(H,16,23)(H,20,21)/t8-,10-,15?/m1/s1. The Morgan fingerprint density at radius 3 is 2.48 bits per heavy atom. The van der Waals surface area contributed by atoms with E-state index in [0.717, 1.165) is 17.7 Å². The Morgan fingerprint density at radius 2 is 1.96 bits per heavy atom. The van der Waals surface area contributed by atoms with Gasteiger partial charge >= 0.3 is 12.0 Å². The molecule has 3 aliphatic rings. The number of carbonyl (C=O) groups excluding carboxylic acids is 3. The lowest BCUT2D eigenvalue weighted by Gasteiger charge is -2.22. The molecule has 23 heavy (non-hydrogen) atoms. The molecule has 1 unspecified atom stereocenters. The number of aliphatic carboxylic acids is 1. The SMILES string of the molecule is C[C@@H]1CN(C(=O)CN2C(=O)NC(C)(C3CC3)C2=O)C[C@H]1C(=O)O. The summed E-state index contributed by atoms with van der Waals surface area (Å²) < 4.78 is 0. The van der Waals surface area contributed by atoms with E-state index >= 15 is 0 Å². The number of amides is 4. The van der Waals surface area contributed by atoms with Gasteiger partial charge in [0.1, 0.15) is 12.1 Å². The van der Waals surface area contributed by atoms with Crippen molar-refractivity contribution >= 4 is 23.8 Å². The summed E-state index contributed by atoms with van der Waals surface area (Å²) >= 11 is 0. The van der Waals surface area contributed by atoms with Crippen molar-refractivity contribution in [3.05, 3.63) is 0 Å². The van der Waals surface area contributed by atoms with E-state index in [9.17, 15) is 19.2 Å². The Kier molecular flexibility index (Phi) is 3.57. The van der Waals surface area contributed by atoms with Crippen LogP contribution in [0.3, 0.4) is 0 Å². The van der Waals surface area contributed by atoms with E-state index in [0.29, 0.717) is 6.54 Å². The highest BCUT2D eigenvalue weighted by Gasteiger charge is 2.56. The fourth-order valence-corrected chi connectivity index (χ4v) is 3.52. The Labute approximate surface area is 133 Å². The molecule has 0 radical (unpaired) electrons. The van der Waals surface area contributed by atoms with Crippen molar-refractivity contribution in [2.45, 2.75) is 32.2 Å². The van der Waals surface area contributed by atoms with Gasteiger partial charge in [-0.25, -0.2) is 4.79 Å². The van der Waals surface area contributed by atoms with E-state index < -0.39 is 23.5 Å². The average Bonchev–Trinajstić information content (AvgIpc) is 3.22. The molecule has 0 aromatic heterocycles. The molecule has 0 aromatic rings. The van der Waals surface area contributed by atoms with Crippen LogP contribution in [-0.4, -0.2) is 63.9 Å². The van der Waals surface area contributed by atoms with Crippen LogP contribution in [-0.2, 0) is 14.4 Å². The minimum absolute atomic E-state index is 0.124. The number of carboxylic acids is 1. The average molecular weight is 323 g/mol. The van der Waals surface area contributed by atoms with Crippen molar-refractivity contribution in [1.82, 2.24) is 15.1 Å². The molecule has 8 nitrogen and oxygen atoms in total. The summed E-state index contributed by atoms with van der Waals surface area (Å²) in [5, 5.41) is 11.8. The second-order valence-electron chi connectivity index (χ2n) is 7.02. The molecule has 126 valence electrons. The molecular formula is C15H21N3O5. The number of rotatable bonds is 4. The van der Waals surface area contributed by atoms with E-state index in [4.69, 9.17) is 5.11 Å². The van der Waals surface area contributed by atoms with Crippen LogP contribution in [0.4, 0.5) is 4.79 Å². The summed E-state index contributed by atoms with van der Waals surface area (Å²) in [4.78, 5) is 50.4. The number of nitrogens with one attached hydrogen (secondary N) is 1.